The average Bonchev–Trinajstić information content (AvgIpc) is 3.50. The second kappa shape index (κ2) is 13.0. The lowest BCUT2D eigenvalue weighted by atomic mass is 10.0. The Morgan fingerprint density at radius 1 is 1.24 bits per heavy atom. The topological polar surface area (TPSA) is 110 Å². The van der Waals surface area contributed by atoms with Gasteiger partial charge in [-0.1, -0.05) is 44.1 Å². The predicted molar refractivity (Wildman–Crippen MR) is 144 cm³/mol. The van der Waals surface area contributed by atoms with Gasteiger partial charge in [0.2, 0.25) is 5.82 Å². The Hall–Kier alpha value is -3.70. The van der Waals surface area contributed by atoms with Crippen LogP contribution in [-0.4, -0.2) is 35.4 Å². The molecule has 0 saturated carbocycles. The first-order valence-corrected chi connectivity index (χ1v) is 12.8. The minimum atomic E-state index is -0.258. The fourth-order valence-corrected chi connectivity index (χ4v) is 4.05. The number of esters is 1. The fraction of sp³-hybridized carbons (Fsp3) is 0.448. The van der Waals surface area contributed by atoms with Crippen molar-refractivity contribution in [3.63, 3.8) is 0 Å². The SMILES string of the molecule is CC(C)C.CCOC(=O)CNC1CCc2c(-c3noc(-c4ccc(OC(C)C)c(C#N)c4)n3)cccc21.[HH]. The molecule has 0 amide bonds. The molecule has 0 spiro atoms. The highest BCUT2D eigenvalue weighted by Crippen LogP contribution is 2.37. The molecular weight excluding hydrogens is 468 g/mol. The van der Waals surface area contributed by atoms with E-state index < -0.39 is 0 Å². The minimum absolute atomic E-state index is 0. The van der Waals surface area contributed by atoms with Gasteiger partial charge in [0.15, 0.2) is 0 Å². The standard InChI is InChI=1S/C25H26N4O4.C4H10.H2/c1-4-31-23(30)14-27-21-10-9-18-19(21)6-5-7-20(18)24-28-25(33-29-24)16-8-11-22(32-15(2)3)17(12-16)13-26;1-4(2)3;/h5-8,11-12,15,21,27H,4,9-10,14H2,1-3H3;4H,1-3H3;1H. The molecule has 0 aliphatic heterocycles. The van der Waals surface area contributed by atoms with Crippen LogP contribution in [0.15, 0.2) is 40.9 Å². The Balaban J connectivity index is 0.000000947. The molecule has 1 N–H and O–H groups in total. The number of aromatic nitrogens is 2. The van der Waals surface area contributed by atoms with Gasteiger partial charge in [0.1, 0.15) is 11.8 Å². The van der Waals surface area contributed by atoms with Crippen LogP contribution in [0.5, 0.6) is 5.75 Å². The third-order valence-electron chi connectivity index (χ3n) is 5.45. The summed E-state index contributed by atoms with van der Waals surface area (Å²) < 4.78 is 16.2. The van der Waals surface area contributed by atoms with Crippen molar-refractivity contribution in [2.75, 3.05) is 13.2 Å². The van der Waals surface area contributed by atoms with Crippen molar-refractivity contribution in [1.82, 2.24) is 15.5 Å². The number of nitrogens with one attached hydrogen (secondary N) is 1. The molecule has 0 saturated heterocycles. The molecular formula is C29H38N4O4. The summed E-state index contributed by atoms with van der Waals surface area (Å²) in [5.74, 6) is 1.93. The van der Waals surface area contributed by atoms with E-state index in [1.165, 1.54) is 0 Å². The second-order valence-electron chi connectivity index (χ2n) is 9.80. The fourth-order valence-electron chi connectivity index (χ4n) is 4.05. The molecule has 4 rings (SSSR count). The van der Waals surface area contributed by atoms with Crippen molar-refractivity contribution < 1.29 is 20.2 Å². The molecule has 198 valence electrons. The van der Waals surface area contributed by atoms with Crippen molar-refractivity contribution >= 4 is 5.97 Å². The van der Waals surface area contributed by atoms with E-state index in [1.54, 1.807) is 25.1 Å². The van der Waals surface area contributed by atoms with Gasteiger partial charge >= 0.3 is 5.97 Å². The highest BCUT2D eigenvalue weighted by molar-refractivity contribution is 5.72. The van der Waals surface area contributed by atoms with Crippen molar-refractivity contribution in [2.24, 2.45) is 5.92 Å². The largest absolute Gasteiger partial charge is 0.490 e. The quantitative estimate of drug-likeness (QED) is 0.364. The minimum Gasteiger partial charge on any atom is -0.490 e. The molecule has 1 aliphatic rings. The first-order valence-electron chi connectivity index (χ1n) is 12.8. The van der Waals surface area contributed by atoms with Crippen LogP contribution >= 0.6 is 0 Å². The van der Waals surface area contributed by atoms with E-state index in [-0.39, 0.29) is 26.1 Å². The molecule has 37 heavy (non-hydrogen) atoms. The van der Waals surface area contributed by atoms with Crippen molar-refractivity contribution in [1.29, 1.82) is 5.26 Å². The molecule has 1 atom stereocenters. The summed E-state index contributed by atoms with van der Waals surface area (Å²) in [6, 6.07) is 13.5. The lowest BCUT2D eigenvalue weighted by Crippen LogP contribution is -2.27. The van der Waals surface area contributed by atoms with Crippen LogP contribution in [-0.2, 0) is 16.0 Å². The molecule has 1 aromatic heterocycles. The summed E-state index contributed by atoms with van der Waals surface area (Å²) in [6.45, 7) is 12.7. The molecule has 1 aliphatic carbocycles. The summed E-state index contributed by atoms with van der Waals surface area (Å²) in [4.78, 5) is 16.3. The van der Waals surface area contributed by atoms with Crippen LogP contribution in [0.3, 0.4) is 0 Å². The van der Waals surface area contributed by atoms with E-state index in [9.17, 15) is 10.1 Å². The number of carbonyl (C=O) groups excluding carboxylic acids is 1. The third-order valence-corrected chi connectivity index (χ3v) is 5.45. The molecule has 1 heterocycles. The molecule has 0 bridgehead atoms. The summed E-state index contributed by atoms with van der Waals surface area (Å²) in [7, 11) is 0. The number of hydrogen-bond acceptors (Lipinski definition) is 8. The Kier molecular flexibility index (Phi) is 9.81. The first kappa shape index (κ1) is 27.9. The van der Waals surface area contributed by atoms with E-state index in [0.29, 0.717) is 35.2 Å². The average molecular weight is 507 g/mol. The zero-order valence-electron chi connectivity index (χ0n) is 22.5. The monoisotopic (exact) mass is 506 g/mol. The zero-order valence-corrected chi connectivity index (χ0v) is 22.5. The number of ether oxygens (including phenoxy) is 2. The summed E-state index contributed by atoms with van der Waals surface area (Å²) in [6.07, 6.45) is 1.68. The molecule has 1 unspecified atom stereocenters. The summed E-state index contributed by atoms with van der Waals surface area (Å²) in [5.41, 5.74) is 4.25. The van der Waals surface area contributed by atoms with Crippen molar-refractivity contribution in [2.45, 2.75) is 66.5 Å². The first-order chi connectivity index (χ1) is 17.7. The van der Waals surface area contributed by atoms with Crippen molar-refractivity contribution in [3.05, 3.63) is 53.1 Å². The van der Waals surface area contributed by atoms with Crippen LogP contribution < -0.4 is 10.1 Å². The van der Waals surface area contributed by atoms with E-state index in [0.717, 1.165) is 35.4 Å². The zero-order chi connectivity index (χ0) is 26.9. The normalized spacial score (nSPS) is 14.1. The number of nitriles is 1. The van der Waals surface area contributed by atoms with E-state index in [1.807, 2.05) is 26.0 Å². The van der Waals surface area contributed by atoms with Crippen LogP contribution in [0.4, 0.5) is 0 Å². The van der Waals surface area contributed by atoms with Gasteiger partial charge < -0.3 is 19.3 Å². The highest BCUT2D eigenvalue weighted by Gasteiger charge is 2.27. The number of fused-ring (bicyclic) bond motifs is 1. The Labute approximate surface area is 220 Å². The van der Waals surface area contributed by atoms with Crippen LogP contribution in [0.25, 0.3) is 22.8 Å². The number of nitrogens with zero attached hydrogens (tertiary/aromatic N) is 3. The number of benzene rings is 2. The lowest BCUT2D eigenvalue weighted by Gasteiger charge is -2.14. The van der Waals surface area contributed by atoms with Crippen molar-refractivity contribution in [3.8, 4) is 34.7 Å². The molecule has 0 fully saturated rings. The highest BCUT2D eigenvalue weighted by atomic mass is 16.5. The van der Waals surface area contributed by atoms with Gasteiger partial charge in [-0.2, -0.15) is 10.2 Å². The Morgan fingerprint density at radius 3 is 2.68 bits per heavy atom. The summed E-state index contributed by atoms with van der Waals surface area (Å²) >= 11 is 0. The number of hydrogen-bond donors (Lipinski definition) is 1. The number of rotatable bonds is 8. The van der Waals surface area contributed by atoms with Crippen LogP contribution in [0, 0.1) is 17.2 Å². The van der Waals surface area contributed by atoms with E-state index in [2.05, 4.69) is 48.4 Å². The van der Waals surface area contributed by atoms with Gasteiger partial charge in [0.25, 0.3) is 5.89 Å². The smallest absolute Gasteiger partial charge is 0.319 e. The van der Waals surface area contributed by atoms with Crippen LogP contribution in [0.2, 0.25) is 0 Å². The van der Waals surface area contributed by atoms with Gasteiger partial charge in [-0.25, -0.2) is 0 Å². The lowest BCUT2D eigenvalue weighted by molar-refractivity contribution is -0.142. The summed E-state index contributed by atoms with van der Waals surface area (Å²) in [5, 5.41) is 17.0. The molecule has 8 heteroatoms. The van der Waals surface area contributed by atoms with Gasteiger partial charge in [-0.05, 0) is 68.9 Å². The maximum Gasteiger partial charge on any atom is 0.319 e. The van der Waals surface area contributed by atoms with Gasteiger partial charge in [0.05, 0.1) is 24.8 Å². The van der Waals surface area contributed by atoms with E-state index in [4.69, 9.17) is 14.0 Å². The molecule has 8 nitrogen and oxygen atoms in total. The van der Waals surface area contributed by atoms with Crippen LogP contribution in [0.1, 0.15) is 72.1 Å². The Bertz CT molecular complexity index is 1250. The van der Waals surface area contributed by atoms with E-state index >= 15 is 0 Å². The predicted octanol–water partition coefficient (Wildman–Crippen LogP) is 6.11. The van der Waals surface area contributed by atoms with Gasteiger partial charge in [0, 0.05) is 18.6 Å². The second-order valence-corrected chi connectivity index (χ2v) is 9.80. The molecule has 2 aromatic carbocycles. The maximum absolute atomic E-state index is 11.7. The molecule has 0 radical (unpaired) electrons. The maximum atomic E-state index is 11.7. The Morgan fingerprint density at radius 2 is 2.00 bits per heavy atom. The van der Waals surface area contributed by atoms with Gasteiger partial charge in [-0.3, -0.25) is 4.79 Å². The number of carbonyl (C=O) groups is 1. The van der Waals surface area contributed by atoms with Gasteiger partial charge in [-0.15, -0.1) is 0 Å². The molecule has 3 aromatic rings. The third kappa shape index (κ3) is 7.40.